The highest BCUT2D eigenvalue weighted by Crippen LogP contribution is 2.12. The maximum absolute atomic E-state index is 13.0. The van der Waals surface area contributed by atoms with Crippen LogP contribution in [0.5, 0.6) is 0 Å². The number of nitrogen functional groups attached to an aromatic ring is 1. The number of Topliss-reactive ketones (excluding diaryl/α,β-unsaturated/α-hetero) is 1. The fraction of sp³-hybridized carbons (Fsp3) is 0.0769. The van der Waals surface area contributed by atoms with Crippen molar-refractivity contribution in [1.29, 1.82) is 0 Å². The third-order valence-electron chi connectivity index (χ3n) is 2.42. The number of nitrogens with zero attached hydrogens (tertiary/aromatic N) is 1. The monoisotopic (exact) mass is 230 g/mol. The zero-order valence-corrected chi connectivity index (χ0v) is 9.06. The molecule has 3 nitrogen and oxygen atoms in total. The van der Waals surface area contributed by atoms with Crippen LogP contribution in [0.1, 0.15) is 15.9 Å². The lowest BCUT2D eigenvalue weighted by Gasteiger charge is -2.03. The number of benzene rings is 1. The van der Waals surface area contributed by atoms with Crippen LogP contribution >= 0.6 is 0 Å². The zero-order valence-electron chi connectivity index (χ0n) is 9.06. The first-order valence-electron chi connectivity index (χ1n) is 5.15. The van der Waals surface area contributed by atoms with Crippen LogP contribution in [0.4, 0.5) is 10.2 Å². The molecule has 0 amide bonds. The van der Waals surface area contributed by atoms with Gasteiger partial charge in [0.2, 0.25) is 0 Å². The fourth-order valence-electron chi connectivity index (χ4n) is 1.54. The Hall–Kier alpha value is -2.23. The molecule has 0 fully saturated rings. The SMILES string of the molecule is Nc1ncccc1CC(=O)c1cccc(F)c1. The van der Waals surface area contributed by atoms with Gasteiger partial charge in [-0.05, 0) is 18.2 Å². The molecule has 1 aromatic carbocycles. The van der Waals surface area contributed by atoms with E-state index in [9.17, 15) is 9.18 Å². The van der Waals surface area contributed by atoms with E-state index in [1.807, 2.05) is 0 Å². The van der Waals surface area contributed by atoms with Crippen LogP contribution < -0.4 is 5.73 Å². The summed E-state index contributed by atoms with van der Waals surface area (Å²) in [5, 5.41) is 0. The van der Waals surface area contributed by atoms with Crippen molar-refractivity contribution in [2.24, 2.45) is 0 Å². The number of halogens is 1. The second-order valence-electron chi connectivity index (χ2n) is 3.66. The minimum Gasteiger partial charge on any atom is -0.383 e. The van der Waals surface area contributed by atoms with Crippen molar-refractivity contribution in [3.05, 3.63) is 59.5 Å². The van der Waals surface area contributed by atoms with Gasteiger partial charge in [0.25, 0.3) is 0 Å². The van der Waals surface area contributed by atoms with Crippen LogP contribution in [0, 0.1) is 5.82 Å². The molecule has 0 bridgehead atoms. The molecule has 1 aromatic heterocycles. The highest BCUT2D eigenvalue weighted by molar-refractivity contribution is 5.97. The average molecular weight is 230 g/mol. The van der Waals surface area contributed by atoms with Crippen molar-refractivity contribution in [2.75, 3.05) is 5.73 Å². The quantitative estimate of drug-likeness (QED) is 0.822. The minimum atomic E-state index is -0.421. The predicted molar refractivity (Wildman–Crippen MR) is 63.1 cm³/mol. The first-order valence-corrected chi connectivity index (χ1v) is 5.15. The van der Waals surface area contributed by atoms with Gasteiger partial charge in [0.1, 0.15) is 11.6 Å². The third kappa shape index (κ3) is 2.66. The normalized spacial score (nSPS) is 10.2. The maximum Gasteiger partial charge on any atom is 0.167 e. The van der Waals surface area contributed by atoms with E-state index in [2.05, 4.69) is 4.98 Å². The maximum atomic E-state index is 13.0. The molecule has 86 valence electrons. The molecule has 0 aliphatic carbocycles. The number of hydrogen-bond donors (Lipinski definition) is 1. The molecule has 0 atom stereocenters. The highest BCUT2D eigenvalue weighted by Gasteiger charge is 2.09. The number of nitrogens with two attached hydrogens (primary N) is 1. The van der Waals surface area contributed by atoms with E-state index in [0.717, 1.165) is 0 Å². The van der Waals surface area contributed by atoms with Crippen molar-refractivity contribution < 1.29 is 9.18 Å². The average Bonchev–Trinajstić information content (AvgIpc) is 2.32. The van der Waals surface area contributed by atoms with Gasteiger partial charge in [0, 0.05) is 23.7 Å². The molecule has 0 saturated heterocycles. The largest absolute Gasteiger partial charge is 0.383 e. The summed E-state index contributed by atoms with van der Waals surface area (Å²) >= 11 is 0. The lowest BCUT2D eigenvalue weighted by atomic mass is 10.0. The van der Waals surface area contributed by atoms with Crippen molar-refractivity contribution >= 4 is 11.6 Å². The van der Waals surface area contributed by atoms with Crippen LogP contribution in [0.2, 0.25) is 0 Å². The van der Waals surface area contributed by atoms with E-state index in [-0.39, 0.29) is 12.2 Å². The predicted octanol–water partition coefficient (Wildman–Crippen LogP) is 2.23. The van der Waals surface area contributed by atoms with Crippen LogP contribution in [0.25, 0.3) is 0 Å². The van der Waals surface area contributed by atoms with E-state index < -0.39 is 5.82 Å². The summed E-state index contributed by atoms with van der Waals surface area (Å²) in [5.41, 5.74) is 6.63. The lowest BCUT2D eigenvalue weighted by molar-refractivity contribution is 0.0992. The van der Waals surface area contributed by atoms with E-state index in [1.54, 1.807) is 24.4 Å². The molecule has 0 unspecified atom stereocenters. The summed E-state index contributed by atoms with van der Waals surface area (Å²) in [6.45, 7) is 0. The molecule has 4 heteroatoms. The number of hydrogen-bond acceptors (Lipinski definition) is 3. The van der Waals surface area contributed by atoms with E-state index in [1.165, 1.54) is 18.2 Å². The van der Waals surface area contributed by atoms with Crippen molar-refractivity contribution in [2.45, 2.75) is 6.42 Å². The third-order valence-corrected chi connectivity index (χ3v) is 2.42. The second-order valence-corrected chi connectivity index (χ2v) is 3.66. The van der Waals surface area contributed by atoms with Crippen molar-refractivity contribution in [3.63, 3.8) is 0 Å². The van der Waals surface area contributed by atoms with E-state index in [0.29, 0.717) is 16.9 Å². The minimum absolute atomic E-state index is 0.128. The van der Waals surface area contributed by atoms with Crippen LogP contribution in [-0.4, -0.2) is 10.8 Å². The van der Waals surface area contributed by atoms with Crippen molar-refractivity contribution in [1.82, 2.24) is 4.98 Å². The van der Waals surface area contributed by atoms with Gasteiger partial charge < -0.3 is 5.73 Å². The second kappa shape index (κ2) is 4.74. The number of pyridine rings is 1. The molecule has 0 aliphatic rings. The Bertz CT molecular complexity index is 555. The summed E-state index contributed by atoms with van der Waals surface area (Å²) in [6.07, 6.45) is 1.69. The summed E-state index contributed by atoms with van der Waals surface area (Å²) in [7, 11) is 0. The van der Waals surface area contributed by atoms with Gasteiger partial charge in [-0.2, -0.15) is 0 Å². The summed E-state index contributed by atoms with van der Waals surface area (Å²) < 4.78 is 13.0. The van der Waals surface area contributed by atoms with E-state index >= 15 is 0 Å². The summed E-state index contributed by atoms with van der Waals surface area (Å²) in [4.78, 5) is 15.8. The standard InChI is InChI=1S/C13H11FN2O/c14-11-5-1-3-9(7-11)12(17)8-10-4-2-6-16-13(10)15/h1-7H,8H2,(H2,15,16). The Morgan fingerprint density at radius 1 is 1.29 bits per heavy atom. The first-order chi connectivity index (χ1) is 8.16. The zero-order chi connectivity index (χ0) is 12.3. The molecule has 0 saturated carbocycles. The van der Waals surface area contributed by atoms with Gasteiger partial charge in [0.15, 0.2) is 5.78 Å². The Morgan fingerprint density at radius 3 is 2.82 bits per heavy atom. The molecule has 0 spiro atoms. The molecule has 2 N–H and O–H groups in total. The number of carbonyl (C=O) groups is 1. The molecule has 1 heterocycles. The van der Waals surface area contributed by atoms with Crippen LogP contribution in [0.3, 0.4) is 0 Å². The lowest BCUT2D eigenvalue weighted by Crippen LogP contribution is -2.07. The van der Waals surface area contributed by atoms with Gasteiger partial charge in [-0.25, -0.2) is 9.37 Å². The first kappa shape index (κ1) is 11.3. The van der Waals surface area contributed by atoms with Gasteiger partial charge in [-0.1, -0.05) is 18.2 Å². The van der Waals surface area contributed by atoms with Crippen molar-refractivity contribution in [3.8, 4) is 0 Å². The van der Waals surface area contributed by atoms with Gasteiger partial charge in [0.05, 0.1) is 0 Å². The molecular formula is C13H11FN2O. The Kier molecular flexibility index (Phi) is 3.14. The topological polar surface area (TPSA) is 56.0 Å². The number of carbonyl (C=O) groups excluding carboxylic acids is 1. The molecule has 0 radical (unpaired) electrons. The Labute approximate surface area is 98.1 Å². The molecule has 0 aliphatic heterocycles. The van der Waals surface area contributed by atoms with E-state index in [4.69, 9.17) is 5.73 Å². The number of anilines is 1. The summed E-state index contributed by atoms with van der Waals surface area (Å²) in [5.74, 6) is -0.267. The van der Waals surface area contributed by atoms with Crippen LogP contribution in [0.15, 0.2) is 42.6 Å². The molecular weight excluding hydrogens is 219 g/mol. The van der Waals surface area contributed by atoms with Gasteiger partial charge in [-0.15, -0.1) is 0 Å². The molecule has 17 heavy (non-hydrogen) atoms. The van der Waals surface area contributed by atoms with Gasteiger partial charge >= 0.3 is 0 Å². The Morgan fingerprint density at radius 2 is 2.12 bits per heavy atom. The molecule has 2 aromatic rings. The fourth-order valence-corrected chi connectivity index (χ4v) is 1.54. The number of rotatable bonds is 3. The molecule has 2 rings (SSSR count). The van der Waals surface area contributed by atoms with Crippen LogP contribution in [-0.2, 0) is 6.42 Å². The van der Waals surface area contributed by atoms with Gasteiger partial charge in [-0.3, -0.25) is 4.79 Å². The number of ketones is 1. The smallest absolute Gasteiger partial charge is 0.167 e. The summed E-state index contributed by atoms with van der Waals surface area (Å²) in [6, 6.07) is 9.06. The number of aromatic nitrogens is 1. The Balaban J connectivity index is 2.20. The highest BCUT2D eigenvalue weighted by atomic mass is 19.1.